The van der Waals surface area contributed by atoms with E-state index in [2.05, 4.69) is 21.2 Å². The maximum absolute atomic E-state index is 11.8. The van der Waals surface area contributed by atoms with E-state index in [0.717, 1.165) is 10.0 Å². The molecule has 0 aliphatic heterocycles. The van der Waals surface area contributed by atoms with Crippen molar-refractivity contribution in [2.75, 3.05) is 0 Å². The van der Waals surface area contributed by atoms with E-state index in [4.69, 9.17) is 0 Å². The zero-order chi connectivity index (χ0) is 16.0. The summed E-state index contributed by atoms with van der Waals surface area (Å²) in [6, 6.07) is 6.14. The Kier molecular flexibility index (Phi) is 6.84. The van der Waals surface area contributed by atoms with E-state index < -0.39 is 24.0 Å². The van der Waals surface area contributed by atoms with Gasteiger partial charge in [0, 0.05) is 10.9 Å². The Morgan fingerprint density at radius 3 is 2.29 bits per heavy atom. The molecule has 0 saturated heterocycles. The van der Waals surface area contributed by atoms with Crippen LogP contribution in [0.15, 0.2) is 28.7 Å². The summed E-state index contributed by atoms with van der Waals surface area (Å²) in [5.74, 6) is -1.61. The number of rotatable bonds is 7. The number of nitrogens with one attached hydrogen (secondary N) is 1. The highest BCUT2D eigenvalue weighted by molar-refractivity contribution is 9.10. The summed E-state index contributed by atoms with van der Waals surface area (Å²) >= 11 is 3.30. The van der Waals surface area contributed by atoms with Gasteiger partial charge in [0.2, 0.25) is 5.91 Å². The van der Waals surface area contributed by atoms with Crippen molar-refractivity contribution in [3.8, 4) is 0 Å². The van der Waals surface area contributed by atoms with Gasteiger partial charge in [-0.15, -0.1) is 0 Å². The van der Waals surface area contributed by atoms with Crippen molar-refractivity contribution in [1.29, 1.82) is 0 Å². The van der Waals surface area contributed by atoms with Gasteiger partial charge in [0.25, 0.3) is 0 Å². The van der Waals surface area contributed by atoms with Crippen LogP contribution in [0, 0.1) is 5.92 Å². The lowest BCUT2D eigenvalue weighted by atomic mass is 10.0. The van der Waals surface area contributed by atoms with E-state index in [-0.39, 0.29) is 12.3 Å². The molecular formula is C15H20BrNO4. The lowest BCUT2D eigenvalue weighted by molar-refractivity contribution is -0.143. The normalized spacial score (nSPS) is 13.8. The van der Waals surface area contributed by atoms with Crippen molar-refractivity contribution in [2.45, 2.75) is 38.8 Å². The number of hydrogen-bond acceptors (Lipinski definition) is 3. The van der Waals surface area contributed by atoms with Crippen LogP contribution in [0.4, 0.5) is 0 Å². The Balaban J connectivity index is 2.67. The molecule has 0 fully saturated rings. The van der Waals surface area contributed by atoms with E-state index in [1.54, 1.807) is 12.1 Å². The number of aliphatic carboxylic acids is 1. The summed E-state index contributed by atoms with van der Waals surface area (Å²) in [5.41, 5.74) is 0.796. The summed E-state index contributed by atoms with van der Waals surface area (Å²) in [5, 5.41) is 21.3. The van der Waals surface area contributed by atoms with Gasteiger partial charge in [0.1, 0.15) is 12.1 Å². The number of carboxylic acid groups (broad SMARTS) is 1. The van der Waals surface area contributed by atoms with Crippen molar-refractivity contribution in [3.05, 3.63) is 34.3 Å². The highest BCUT2D eigenvalue weighted by atomic mass is 79.9. The Labute approximate surface area is 132 Å². The third-order valence-electron chi connectivity index (χ3n) is 2.96. The van der Waals surface area contributed by atoms with Crippen molar-refractivity contribution in [3.63, 3.8) is 0 Å². The van der Waals surface area contributed by atoms with Crippen molar-refractivity contribution in [2.24, 2.45) is 5.92 Å². The molecular weight excluding hydrogens is 338 g/mol. The fraction of sp³-hybridized carbons (Fsp3) is 0.467. The molecule has 21 heavy (non-hydrogen) atoms. The molecule has 0 unspecified atom stereocenters. The molecule has 0 saturated carbocycles. The maximum atomic E-state index is 11.8. The fourth-order valence-electron chi connectivity index (χ4n) is 1.88. The molecule has 0 radical (unpaired) electrons. The van der Waals surface area contributed by atoms with Gasteiger partial charge in [-0.25, -0.2) is 4.79 Å². The lowest BCUT2D eigenvalue weighted by Crippen LogP contribution is -2.46. The number of benzene rings is 1. The van der Waals surface area contributed by atoms with Gasteiger partial charge in [-0.05, 0) is 30.0 Å². The van der Waals surface area contributed by atoms with Crippen molar-refractivity contribution < 1.29 is 19.8 Å². The SMILES string of the molecule is CC(C)C[C@H](O)C(=O)N[C@H](Cc1ccc(Br)cc1)C(=O)O. The lowest BCUT2D eigenvalue weighted by Gasteiger charge is -2.18. The smallest absolute Gasteiger partial charge is 0.326 e. The van der Waals surface area contributed by atoms with Crippen molar-refractivity contribution >= 4 is 27.8 Å². The van der Waals surface area contributed by atoms with Crippen molar-refractivity contribution in [1.82, 2.24) is 5.32 Å². The molecule has 5 nitrogen and oxygen atoms in total. The minimum Gasteiger partial charge on any atom is -0.480 e. The number of aliphatic hydroxyl groups is 1. The highest BCUT2D eigenvalue weighted by Crippen LogP contribution is 2.12. The first kappa shape index (κ1) is 17.7. The van der Waals surface area contributed by atoms with Crippen LogP contribution in [0.5, 0.6) is 0 Å². The number of carbonyl (C=O) groups excluding carboxylic acids is 1. The Bertz CT molecular complexity index is 487. The summed E-state index contributed by atoms with van der Waals surface area (Å²) in [4.78, 5) is 23.1. The first-order valence-electron chi connectivity index (χ1n) is 6.75. The summed E-state index contributed by atoms with van der Waals surface area (Å²) in [7, 11) is 0. The highest BCUT2D eigenvalue weighted by Gasteiger charge is 2.24. The molecule has 0 aromatic heterocycles. The predicted octanol–water partition coefficient (Wildman–Crippen LogP) is 1.97. The zero-order valence-corrected chi connectivity index (χ0v) is 13.6. The van der Waals surface area contributed by atoms with Crippen LogP contribution >= 0.6 is 15.9 Å². The molecule has 0 bridgehead atoms. The maximum Gasteiger partial charge on any atom is 0.326 e. The number of carboxylic acids is 1. The minimum absolute atomic E-state index is 0.153. The van der Waals surface area contributed by atoms with Crippen LogP contribution in [0.25, 0.3) is 0 Å². The molecule has 2 atom stereocenters. The topological polar surface area (TPSA) is 86.6 Å². The first-order valence-corrected chi connectivity index (χ1v) is 7.54. The van der Waals surface area contributed by atoms with Crippen LogP contribution in [0.1, 0.15) is 25.8 Å². The van der Waals surface area contributed by atoms with Gasteiger partial charge in [0.05, 0.1) is 0 Å². The largest absolute Gasteiger partial charge is 0.480 e. The number of aliphatic hydroxyl groups excluding tert-OH is 1. The number of carbonyl (C=O) groups is 2. The summed E-state index contributed by atoms with van der Waals surface area (Å²) in [6.07, 6.45) is -0.712. The third kappa shape index (κ3) is 6.27. The average molecular weight is 358 g/mol. The molecule has 6 heteroatoms. The van der Waals surface area contributed by atoms with Gasteiger partial charge in [-0.2, -0.15) is 0 Å². The molecule has 1 aromatic rings. The summed E-state index contributed by atoms with van der Waals surface area (Å²) in [6.45, 7) is 3.76. The molecule has 1 amide bonds. The molecule has 0 spiro atoms. The first-order chi connectivity index (χ1) is 9.79. The predicted molar refractivity (Wildman–Crippen MR) is 82.9 cm³/mol. The molecule has 0 aliphatic rings. The molecule has 116 valence electrons. The third-order valence-corrected chi connectivity index (χ3v) is 3.49. The number of amides is 1. The van der Waals surface area contributed by atoms with Gasteiger partial charge in [-0.1, -0.05) is 41.9 Å². The Morgan fingerprint density at radius 1 is 1.24 bits per heavy atom. The number of halogens is 1. The van der Waals surface area contributed by atoms with Crippen LogP contribution in [0.2, 0.25) is 0 Å². The second kappa shape index (κ2) is 8.14. The van der Waals surface area contributed by atoms with Gasteiger partial charge >= 0.3 is 5.97 Å². The Morgan fingerprint density at radius 2 is 1.81 bits per heavy atom. The average Bonchev–Trinajstić information content (AvgIpc) is 2.39. The monoisotopic (exact) mass is 357 g/mol. The molecule has 0 heterocycles. The second-order valence-corrected chi connectivity index (χ2v) is 6.29. The Hall–Kier alpha value is -1.40. The molecule has 1 aromatic carbocycles. The standard InChI is InChI=1S/C15H20BrNO4/c1-9(2)7-13(18)14(19)17-12(15(20)21)8-10-3-5-11(16)6-4-10/h3-6,9,12-13,18H,7-8H2,1-2H3,(H,17,19)(H,20,21)/t12-,13+/m1/s1. The quantitative estimate of drug-likeness (QED) is 0.696. The van der Waals surface area contributed by atoms with Gasteiger partial charge in [-0.3, -0.25) is 4.79 Å². The minimum atomic E-state index is -1.18. The van der Waals surface area contributed by atoms with Gasteiger partial charge < -0.3 is 15.5 Å². The second-order valence-electron chi connectivity index (χ2n) is 5.38. The molecule has 0 aliphatic carbocycles. The zero-order valence-electron chi connectivity index (χ0n) is 12.0. The van der Waals surface area contributed by atoms with Crippen LogP contribution in [0.3, 0.4) is 0 Å². The molecule has 1 rings (SSSR count). The van der Waals surface area contributed by atoms with E-state index in [0.29, 0.717) is 6.42 Å². The van der Waals surface area contributed by atoms with E-state index in [9.17, 15) is 19.8 Å². The van der Waals surface area contributed by atoms with Crippen LogP contribution in [-0.4, -0.2) is 34.2 Å². The van der Waals surface area contributed by atoms with Crippen LogP contribution in [-0.2, 0) is 16.0 Å². The van der Waals surface area contributed by atoms with E-state index in [1.807, 2.05) is 26.0 Å². The van der Waals surface area contributed by atoms with Crippen LogP contribution < -0.4 is 5.32 Å². The fourth-order valence-corrected chi connectivity index (χ4v) is 2.14. The van der Waals surface area contributed by atoms with E-state index in [1.165, 1.54) is 0 Å². The summed E-state index contributed by atoms with van der Waals surface area (Å²) < 4.78 is 0.898. The number of hydrogen-bond donors (Lipinski definition) is 3. The van der Waals surface area contributed by atoms with Gasteiger partial charge in [0.15, 0.2) is 0 Å². The van der Waals surface area contributed by atoms with E-state index >= 15 is 0 Å². The molecule has 3 N–H and O–H groups in total.